The first kappa shape index (κ1) is 19.8. The monoisotopic (exact) mass is 366 g/mol. The van der Waals surface area contributed by atoms with E-state index in [2.05, 4.69) is 10.1 Å². The number of rotatable bonds is 9. The maximum Gasteiger partial charge on any atom is 0.387 e. The van der Waals surface area contributed by atoms with Gasteiger partial charge in [-0.05, 0) is 41.9 Å². The largest absolute Gasteiger partial charge is 0.435 e. The molecule has 2 rings (SSSR count). The molecule has 0 spiro atoms. The van der Waals surface area contributed by atoms with Crippen LogP contribution < -0.4 is 10.1 Å². The van der Waals surface area contributed by atoms with Gasteiger partial charge in [0.2, 0.25) is 5.91 Å². The fraction of sp³-hybridized carbons (Fsp3) is 0.316. The molecule has 1 N–H and O–H groups in total. The van der Waals surface area contributed by atoms with Crippen LogP contribution in [0.2, 0.25) is 0 Å². The molecule has 0 heterocycles. The normalized spacial score (nSPS) is 11.0. The first-order valence-electron chi connectivity index (χ1n) is 8.23. The second-order valence-corrected chi connectivity index (χ2v) is 5.73. The molecule has 0 radical (unpaired) electrons. The van der Waals surface area contributed by atoms with Crippen LogP contribution >= 0.6 is 0 Å². The van der Waals surface area contributed by atoms with Crippen LogP contribution in [0.4, 0.5) is 13.2 Å². The van der Waals surface area contributed by atoms with Gasteiger partial charge in [0.25, 0.3) is 0 Å². The Morgan fingerprint density at radius 2 is 1.88 bits per heavy atom. The van der Waals surface area contributed by atoms with Crippen molar-refractivity contribution in [2.75, 3.05) is 13.1 Å². The summed E-state index contributed by atoms with van der Waals surface area (Å²) in [5, 5.41) is 2.78. The lowest BCUT2D eigenvalue weighted by molar-refractivity contribution is -0.122. The van der Waals surface area contributed by atoms with Gasteiger partial charge in [-0.1, -0.05) is 31.2 Å². The molecular weight excluding hydrogens is 345 g/mol. The van der Waals surface area contributed by atoms with E-state index in [-0.39, 0.29) is 30.6 Å². The summed E-state index contributed by atoms with van der Waals surface area (Å²) in [6.07, 6.45) is 0. The Labute approximate surface area is 150 Å². The van der Waals surface area contributed by atoms with Crippen molar-refractivity contribution in [2.45, 2.75) is 26.6 Å². The third kappa shape index (κ3) is 6.76. The van der Waals surface area contributed by atoms with Gasteiger partial charge in [-0.2, -0.15) is 8.78 Å². The van der Waals surface area contributed by atoms with E-state index >= 15 is 0 Å². The second kappa shape index (κ2) is 9.82. The van der Waals surface area contributed by atoms with Crippen molar-refractivity contribution in [3.8, 4) is 5.75 Å². The number of carbonyl (C=O) groups excluding carboxylic acids is 1. The highest BCUT2D eigenvalue weighted by atomic mass is 19.3. The topological polar surface area (TPSA) is 41.6 Å². The molecule has 4 nitrogen and oxygen atoms in total. The van der Waals surface area contributed by atoms with E-state index in [0.29, 0.717) is 13.1 Å². The number of alkyl halides is 2. The number of nitrogens with zero attached hydrogens (tertiary/aromatic N) is 1. The maximum absolute atomic E-state index is 13.2. The van der Waals surface area contributed by atoms with Gasteiger partial charge in [0.15, 0.2) is 0 Å². The molecule has 0 aliphatic carbocycles. The van der Waals surface area contributed by atoms with E-state index in [4.69, 9.17) is 0 Å². The van der Waals surface area contributed by atoms with E-state index in [0.717, 1.165) is 11.1 Å². The van der Waals surface area contributed by atoms with Gasteiger partial charge < -0.3 is 10.1 Å². The number of carbonyl (C=O) groups is 1. The molecular formula is C19H21F3N2O2. The second-order valence-electron chi connectivity index (χ2n) is 5.73. The van der Waals surface area contributed by atoms with Gasteiger partial charge in [0.05, 0.1) is 6.54 Å². The zero-order chi connectivity index (χ0) is 18.9. The van der Waals surface area contributed by atoms with Gasteiger partial charge in [-0.25, -0.2) is 4.39 Å². The van der Waals surface area contributed by atoms with Crippen LogP contribution in [0.15, 0.2) is 48.5 Å². The smallest absolute Gasteiger partial charge is 0.387 e. The number of halogens is 3. The van der Waals surface area contributed by atoms with Crippen molar-refractivity contribution in [1.82, 2.24) is 10.2 Å². The van der Waals surface area contributed by atoms with E-state index in [9.17, 15) is 18.0 Å². The van der Waals surface area contributed by atoms with Crippen molar-refractivity contribution < 1.29 is 22.7 Å². The summed E-state index contributed by atoms with van der Waals surface area (Å²) >= 11 is 0. The molecule has 0 atom stereocenters. The van der Waals surface area contributed by atoms with Crippen molar-refractivity contribution in [2.24, 2.45) is 0 Å². The Bertz CT molecular complexity index is 708. The molecule has 2 aromatic carbocycles. The van der Waals surface area contributed by atoms with Crippen LogP contribution in [0.3, 0.4) is 0 Å². The van der Waals surface area contributed by atoms with E-state index in [1.165, 1.54) is 24.3 Å². The number of hydrogen-bond donors (Lipinski definition) is 1. The Hall–Kier alpha value is -2.54. The minimum atomic E-state index is -2.86. The lowest BCUT2D eigenvalue weighted by Gasteiger charge is -2.20. The Kier molecular flexibility index (Phi) is 7.47. The summed E-state index contributed by atoms with van der Waals surface area (Å²) in [4.78, 5) is 14.0. The van der Waals surface area contributed by atoms with Crippen molar-refractivity contribution in [3.63, 3.8) is 0 Å². The number of nitrogens with one attached hydrogen (secondary N) is 1. The molecule has 0 saturated carbocycles. The third-order valence-corrected chi connectivity index (χ3v) is 3.75. The molecule has 0 aliphatic rings. The zero-order valence-electron chi connectivity index (χ0n) is 14.4. The molecule has 0 bridgehead atoms. The fourth-order valence-electron chi connectivity index (χ4n) is 2.42. The fourth-order valence-corrected chi connectivity index (χ4v) is 2.42. The zero-order valence-corrected chi connectivity index (χ0v) is 14.4. The number of benzene rings is 2. The summed E-state index contributed by atoms with van der Waals surface area (Å²) in [6.45, 7) is 0.642. The van der Waals surface area contributed by atoms with Crippen LogP contribution in [-0.2, 0) is 17.9 Å². The van der Waals surface area contributed by atoms with Crippen LogP contribution in [0.1, 0.15) is 18.1 Å². The summed E-state index contributed by atoms with van der Waals surface area (Å²) in [5.74, 6) is -0.402. The first-order chi connectivity index (χ1) is 12.5. The third-order valence-electron chi connectivity index (χ3n) is 3.75. The molecule has 0 unspecified atom stereocenters. The van der Waals surface area contributed by atoms with Crippen LogP contribution in [-0.4, -0.2) is 30.5 Å². The number of likely N-dealkylation sites (N-methyl/N-ethyl adjacent to an activating group) is 1. The van der Waals surface area contributed by atoms with Gasteiger partial charge in [0.1, 0.15) is 11.6 Å². The minimum absolute atomic E-state index is 0.0716. The Morgan fingerprint density at radius 1 is 1.15 bits per heavy atom. The summed E-state index contributed by atoms with van der Waals surface area (Å²) in [7, 11) is 0. The quantitative estimate of drug-likeness (QED) is 0.738. The first-order valence-corrected chi connectivity index (χ1v) is 8.23. The lowest BCUT2D eigenvalue weighted by atomic mass is 10.2. The number of amides is 1. The highest BCUT2D eigenvalue weighted by molar-refractivity contribution is 5.78. The Balaban J connectivity index is 1.81. The lowest BCUT2D eigenvalue weighted by Crippen LogP contribution is -2.36. The highest BCUT2D eigenvalue weighted by Gasteiger charge is 2.10. The van der Waals surface area contributed by atoms with Crippen molar-refractivity contribution >= 4 is 5.91 Å². The molecule has 0 fully saturated rings. The van der Waals surface area contributed by atoms with Crippen LogP contribution in [0, 0.1) is 5.82 Å². The predicted molar refractivity (Wildman–Crippen MR) is 92.3 cm³/mol. The molecule has 0 aromatic heterocycles. The summed E-state index contributed by atoms with van der Waals surface area (Å²) < 4.78 is 41.7. The van der Waals surface area contributed by atoms with Crippen molar-refractivity contribution in [3.05, 3.63) is 65.5 Å². The predicted octanol–water partition coefficient (Wildman–Crippen LogP) is 3.57. The van der Waals surface area contributed by atoms with Crippen LogP contribution in [0.25, 0.3) is 0 Å². The SMILES string of the molecule is CCN(CC(=O)NCc1ccc(OC(F)F)cc1)Cc1cccc(F)c1. The minimum Gasteiger partial charge on any atom is -0.435 e. The van der Waals surface area contributed by atoms with E-state index in [1.807, 2.05) is 17.9 Å². The average Bonchev–Trinajstić information content (AvgIpc) is 2.60. The highest BCUT2D eigenvalue weighted by Crippen LogP contribution is 2.14. The van der Waals surface area contributed by atoms with Gasteiger partial charge in [-0.3, -0.25) is 9.69 Å². The molecule has 26 heavy (non-hydrogen) atoms. The molecule has 140 valence electrons. The summed E-state index contributed by atoms with van der Waals surface area (Å²) in [6, 6.07) is 12.4. The van der Waals surface area contributed by atoms with E-state index < -0.39 is 6.61 Å². The maximum atomic E-state index is 13.2. The molecule has 7 heteroatoms. The molecule has 0 aliphatic heterocycles. The van der Waals surface area contributed by atoms with Crippen molar-refractivity contribution in [1.29, 1.82) is 0 Å². The molecule has 2 aromatic rings. The average molecular weight is 366 g/mol. The number of hydrogen-bond acceptors (Lipinski definition) is 3. The molecule has 0 saturated heterocycles. The van der Waals surface area contributed by atoms with Gasteiger partial charge >= 0.3 is 6.61 Å². The molecule has 1 amide bonds. The van der Waals surface area contributed by atoms with Gasteiger partial charge in [-0.15, -0.1) is 0 Å². The number of ether oxygens (including phenoxy) is 1. The van der Waals surface area contributed by atoms with Gasteiger partial charge in [0, 0.05) is 13.1 Å². The summed E-state index contributed by atoms with van der Waals surface area (Å²) in [5.41, 5.74) is 1.57. The van der Waals surface area contributed by atoms with E-state index in [1.54, 1.807) is 18.2 Å². The standard InChI is InChI=1S/C19H21F3N2O2/c1-2-24(12-15-4-3-5-16(20)10-15)13-18(25)23-11-14-6-8-17(9-7-14)26-19(21)22/h3-10,19H,2,11-13H2,1H3,(H,23,25). The Morgan fingerprint density at radius 3 is 2.50 bits per heavy atom. The van der Waals surface area contributed by atoms with Crippen LogP contribution in [0.5, 0.6) is 5.75 Å².